The maximum absolute atomic E-state index is 12.6. The van der Waals surface area contributed by atoms with Gasteiger partial charge in [-0.05, 0) is 44.0 Å². The molecule has 136 valence electrons. The van der Waals surface area contributed by atoms with Gasteiger partial charge in [-0.1, -0.05) is 25.7 Å². The lowest BCUT2D eigenvalue weighted by atomic mass is 10.1. The molecular formula is C20H28N2O2S. The Morgan fingerprint density at radius 3 is 2.64 bits per heavy atom. The van der Waals surface area contributed by atoms with Crippen LogP contribution in [-0.2, 0) is 17.9 Å². The summed E-state index contributed by atoms with van der Waals surface area (Å²) in [5.41, 5.74) is 0. The fourth-order valence-electron chi connectivity index (χ4n) is 3.48. The summed E-state index contributed by atoms with van der Waals surface area (Å²) in [6.45, 7) is 3.96. The van der Waals surface area contributed by atoms with Gasteiger partial charge in [0.15, 0.2) is 0 Å². The number of furan rings is 1. The minimum absolute atomic E-state index is 0.131. The Balaban J connectivity index is 1.58. The number of aryl methyl sites for hydroxylation is 1. The van der Waals surface area contributed by atoms with Crippen LogP contribution in [0.1, 0.15) is 54.0 Å². The van der Waals surface area contributed by atoms with E-state index in [2.05, 4.69) is 29.3 Å². The number of carbonyl (C=O) groups is 1. The minimum Gasteiger partial charge on any atom is -0.468 e. The highest BCUT2D eigenvalue weighted by Gasteiger charge is 2.18. The molecule has 0 atom stereocenters. The molecule has 1 fully saturated rings. The lowest BCUT2D eigenvalue weighted by Crippen LogP contribution is -2.41. The van der Waals surface area contributed by atoms with E-state index in [0.717, 1.165) is 25.1 Å². The van der Waals surface area contributed by atoms with Gasteiger partial charge in [0.2, 0.25) is 5.91 Å². The molecule has 2 heterocycles. The van der Waals surface area contributed by atoms with Crippen molar-refractivity contribution in [3.05, 3.63) is 46.0 Å². The van der Waals surface area contributed by atoms with Gasteiger partial charge in [-0.25, -0.2) is 0 Å². The van der Waals surface area contributed by atoms with Crippen molar-refractivity contribution in [2.45, 2.75) is 64.6 Å². The lowest BCUT2D eigenvalue weighted by molar-refractivity contribution is -0.123. The topological polar surface area (TPSA) is 45.5 Å². The van der Waals surface area contributed by atoms with Gasteiger partial charge in [0.1, 0.15) is 5.76 Å². The summed E-state index contributed by atoms with van der Waals surface area (Å²) in [6, 6.07) is 8.50. The van der Waals surface area contributed by atoms with Crippen molar-refractivity contribution < 1.29 is 9.21 Å². The second-order valence-corrected chi connectivity index (χ2v) is 8.37. The largest absolute Gasteiger partial charge is 0.468 e. The second kappa shape index (κ2) is 9.20. The fourth-order valence-corrected chi connectivity index (χ4v) is 4.41. The first-order valence-corrected chi connectivity index (χ1v) is 10.1. The molecule has 25 heavy (non-hydrogen) atoms. The first kappa shape index (κ1) is 18.2. The molecule has 0 unspecified atom stereocenters. The normalized spacial score (nSPS) is 16.1. The van der Waals surface area contributed by atoms with Crippen LogP contribution >= 0.6 is 11.3 Å². The van der Waals surface area contributed by atoms with Crippen molar-refractivity contribution in [3.63, 3.8) is 0 Å². The average molecular weight is 361 g/mol. The van der Waals surface area contributed by atoms with Crippen LogP contribution in [0.3, 0.4) is 0 Å². The zero-order valence-corrected chi connectivity index (χ0v) is 15.8. The average Bonchev–Trinajstić information content (AvgIpc) is 3.15. The molecule has 0 saturated heterocycles. The third-order valence-corrected chi connectivity index (χ3v) is 5.71. The first-order valence-electron chi connectivity index (χ1n) is 9.28. The zero-order chi connectivity index (χ0) is 17.5. The van der Waals surface area contributed by atoms with Crippen LogP contribution in [0, 0.1) is 6.92 Å². The smallest absolute Gasteiger partial charge is 0.234 e. The number of carbonyl (C=O) groups excluding carboxylic acids is 1. The van der Waals surface area contributed by atoms with E-state index >= 15 is 0 Å². The van der Waals surface area contributed by atoms with E-state index < -0.39 is 0 Å². The highest BCUT2D eigenvalue weighted by atomic mass is 32.1. The molecule has 0 aromatic carbocycles. The molecule has 4 nitrogen and oxygen atoms in total. The molecule has 0 aliphatic heterocycles. The summed E-state index contributed by atoms with van der Waals surface area (Å²) in [5, 5.41) is 3.25. The molecule has 1 aliphatic carbocycles. The Morgan fingerprint density at radius 1 is 1.20 bits per heavy atom. The van der Waals surface area contributed by atoms with Crippen molar-refractivity contribution in [3.8, 4) is 0 Å². The summed E-state index contributed by atoms with van der Waals surface area (Å²) in [7, 11) is 0. The Bertz CT molecular complexity index is 642. The van der Waals surface area contributed by atoms with Crippen LogP contribution < -0.4 is 5.32 Å². The van der Waals surface area contributed by atoms with Crippen molar-refractivity contribution in [1.29, 1.82) is 0 Å². The monoisotopic (exact) mass is 360 g/mol. The van der Waals surface area contributed by atoms with Crippen molar-refractivity contribution in [2.75, 3.05) is 6.54 Å². The Hall–Kier alpha value is -1.59. The van der Waals surface area contributed by atoms with Gasteiger partial charge >= 0.3 is 0 Å². The molecule has 2 aromatic rings. The number of hydrogen-bond acceptors (Lipinski definition) is 4. The highest BCUT2D eigenvalue weighted by molar-refractivity contribution is 7.11. The van der Waals surface area contributed by atoms with Gasteiger partial charge in [0.25, 0.3) is 0 Å². The summed E-state index contributed by atoms with van der Waals surface area (Å²) in [5.74, 6) is 1.03. The van der Waals surface area contributed by atoms with E-state index in [9.17, 15) is 4.79 Å². The third kappa shape index (κ3) is 6.01. The molecular weight excluding hydrogens is 332 g/mol. The van der Waals surface area contributed by atoms with Gasteiger partial charge < -0.3 is 9.73 Å². The van der Waals surface area contributed by atoms with E-state index in [1.807, 2.05) is 12.1 Å². The number of hydrogen-bond donors (Lipinski definition) is 1. The number of thiophene rings is 1. The predicted molar refractivity (Wildman–Crippen MR) is 102 cm³/mol. The molecule has 0 bridgehead atoms. The molecule has 5 heteroatoms. The molecule has 3 rings (SSSR count). The minimum atomic E-state index is 0.131. The van der Waals surface area contributed by atoms with Crippen LogP contribution in [0.25, 0.3) is 0 Å². The van der Waals surface area contributed by atoms with E-state index in [0.29, 0.717) is 19.1 Å². The van der Waals surface area contributed by atoms with Crippen molar-refractivity contribution >= 4 is 17.2 Å². The van der Waals surface area contributed by atoms with Gasteiger partial charge in [0.05, 0.1) is 19.4 Å². The molecule has 1 saturated carbocycles. The Morgan fingerprint density at radius 2 is 2.00 bits per heavy atom. The zero-order valence-electron chi connectivity index (χ0n) is 15.0. The summed E-state index contributed by atoms with van der Waals surface area (Å²) < 4.78 is 5.48. The second-order valence-electron chi connectivity index (χ2n) is 6.99. The molecule has 0 radical (unpaired) electrons. The standard InChI is InChI=1S/C20H28N2O2S/c1-16-10-11-19(25-16)14-22(13-18-9-6-12-24-18)15-20(23)21-17-7-4-2-3-5-8-17/h6,9-12,17H,2-5,7-8,13-15H2,1H3,(H,21,23). The van der Waals surface area contributed by atoms with Gasteiger partial charge in [-0.2, -0.15) is 0 Å². The number of nitrogens with one attached hydrogen (secondary N) is 1. The van der Waals surface area contributed by atoms with Gasteiger partial charge in [-0.15, -0.1) is 11.3 Å². The van der Waals surface area contributed by atoms with E-state index in [4.69, 9.17) is 4.42 Å². The maximum atomic E-state index is 12.6. The molecule has 1 N–H and O–H groups in total. The van der Waals surface area contributed by atoms with Crippen LogP contribution in [-0.4, -0.2) is 23.4 Å². The molecule has 1 amide bonds. The summed E-state index contributed by atoms with van der Waals surface area (Å²) >= 11 is 1.79. The number of nitrogens with zero attached hydrogens (tertiary/aromatic N) is 1. The summed E-state index contributed by atoms with van der Waals surface area (Å²) in [6.07, 6.45) is 8.99. The van der Waals surface area contributed by atoms with Gasteiger partial charge in [-0.3, -0.25) is 9.69 Å². The highest BCUT2D eigenvalue weighted by Crippen LogP contribution is 2.19. The third-order valence-electron chi connectivity index (χ3n) is 4.72. The molecule has 1 aliphatic rings. The van der Waals surface area contributed by atoms with Gasteiger partial charge in [0, 0.05) is 22.3 Å². The number of rotatable bonds is 7. The van der Waals surface area contributed by atoms with Crippen LogP contribution in [0.15, 0.2) is 34.9 Å². The Kier molecular flexibility index (Phi) is 6.70. The quantitative estimate of drug-likeness (QED) is 0.740. The summed E-state index contributed by atoms with van der Waals surface area (Å²) in [4.78, 5) is 17.3. The molecule has 0 spiro atoms. The van der Waals surface area contributed by atoms with Crippen LogP contribution in [0.2, 0.25) is 0 Å². The fraction of sp³-hybridized carbons (Fsp3) is 0.550. The predicted octanol–water partition coefficient (Wildman–Crippen LogP) is 4.49. The van der Waals surface area contributed by atoms with Crippen LogP contribution in [0.4, 0.5) is 0 Å². The van der Waals surface area contributed by atoms with E-state index in [1.54, 1.807) is 17.6 Å². The van der Waals surface area contributed by atoms with Crippen LogP contribution in [0.5, 0.6) is 0 Å². The molecule has 2 aromatic heterocycles. The van der Waals surface area contributed by atoms with E-state index in [-0.39, 0.29) is 5.91 Å². The SMILES string of the molecule is Cc1ccc(CN(CC(=O)NC2CCCCCC2)Cc2ccco2)s1. The van der Waals surface area contributed by atoms with Crippen molar-refractivity contribution in [1.82, 2.24) is 10.2 Å². The van der Waals surface area contributed by atoms with Crippen molar-refractivity contribution in [2.24, 2.45) is 0 Å². The Labute approximate surface area is 154 Å². The first-order chi connectivity index (χ1) is 12.2. The maximum Gasteiger partial charge on any atom is 0.234 e. The van der Waals surface area contributed by atoms with E-state index in [1.165, 1.54) is 35.4 Å². The number of amides is 1. The lowest BCUT2D eigenvalue weighted by Gasteiger charge is -2.22.